The standard InChI is InChI=1S/C9H12N2O3/c10-4-3-8(12)11-5-1-2-7(6-11)9(13)14/h7H,1-3,5-6H2,(H,13,14). The molecule has 1 fully saturated rings. The average Bonchev–Trinajstić information content (AvgIpc) is 2.18. The molecule has 0 aromatic heterocycles. The van der Waals surface area contributed by atoms with Crippen molar-refractivity contribution in [1.82, 2.24) is 4.90 Å². The monoisotopic (exact) mass is 196 g/mol. The van der Waals surface area contributed by atoms with Gasteiger partial charge in [0.15, 0.2) is 0 Å². The fourth-order valence-corrected chi connectivity index (χ4v) is 1.58. The van der Waals surface area contributed by atoms with E-state index in [-0.39, 0.29) is 18.9 Å². The maximum Gasteiger partial charge on any atom is 0.308 e. The number of carboxylic acid groups (broad SMARTS) is 1. The highest BCUT2D eigenvalue weighted by molar-refractivity contribution is 5.79. The predicted octanol–water partition coefficient (Wildman–Crippen LogP) is 0.223. The zero-order valence-electron chi connectivity index (χ0n) is 7.77. The van der Waals surface area contributed by atoms with Gasteiger partial charge in [-0.2, -0.15) is 5.26 Å². The normalized spacial score (nSPS) is 21.4. The summed E-state index contributed by atoms with van der Waals surface area (Å²) >= 11 is 0. The van der Waals surface area contributed by atoms with Crippen molar-refractivity contribution in [2.45, 2.75) is 19.3 Å². The Hall–Kier alpha value is -1.57. The number of piperidine rings is 1. The van der Waals surface area contributed by atoms with Crippen LogP contribution in [0, 0.1) is 17.2 Å². The molecule has 0 bridgehead atoms. The summed E-state index contributed by atoms with van der Waals surface area (Å²) in [4.78, 5) is 23.4. The predicted molar refractivity (Wildman–Crippen MR) is 47.2 cm³/mol. The van der Waals surface area contributed by atoms with Crippen molar-refractivity contribution in [3.63, 3.8) is 0 Å². The average molecular weight is 196 g/mol. The van der Waals surface area contributed by atoms with Crippen LogP contribution < -0.4 is 0 Å². The van der Waals surface area contributed by atoms with Gasteiger partial charge in [0.1, 0.15) is 6.42 Å². The molecule has 1 amide bonds. The quantitative estimate of drug-likeness (QED) is 0.685. The van der Waals surface area contributed by atoms with Crippen LogP contribution in [0.4, 0.5) is 0 Å². The van der Waals surface area contributed by atoms with Crippen molar-refractivity contribution < 1.29 is 14.7 Å². The van der Waals surface area contributed by atoms with E-state index in [1.165, 1.54) is 4.90 Å². The molecular formula is C9H12N2O3. The first-order chi connectivity index (χ1) is 6.65. The molecular weight excluding hydrogens is 184 g/mol. The van der Waals surface area contributed by atoms with Gasteiger partial charge >= 0.3 is 5.97 Å². The number of carbonyl (C=O) groups excluding carboxylic acids is 1. The third kappa shape index (κ3) is 2.46. The zero-order valence-corrected chi connectivity index (χ0v) is 7.77. The number of nitrogens with zero attached hydrogens (tertiary/aromatic N) is 2. The molecule has 1 atom stereocenters. The van der Waals surface area contributed by atoms with E-state index >= 15 is 0 Å². The smallest absolute Gasteiger partial charge is 0.308 e. The molecule has 1 unspecified atom stereocenters. The van der Waals surface area contributed by atoms with Gasteiger partial charge in [0, 0.05) is 13.1 Å². The Morgan fingerprint density at radius 3 is 2.86 bits per heavy atom. The van der Waals surface area contributed by atoms with Crippen LogP contribution in [0.25, 0.3) is 0 Å². The Balaban J connectivity index is 2.52. The van der Waals surface area contributed by atoms with Crippen molar-refractivity contribution in [2.24, 2.45) is 5.92 Å². The van der Waals surface area contributed by atoms with E-state index in [0.29, 0.717) is 19.4 Å². The molecule has 0 aromatic carbocycles. The van der Waals surface area contributed by atoms with Crippen LogP contribution in [0.1, 0.15) is 19.3 Å². The SMILES string of the molecule is N#CCC(=O)N1CCCC(C(=O)O)C1. The number of carbonyl (C=O) groups is 2. The summed E-state index contributed by atoms with van der Waals surface area (Å²) in [5, 5.41) is 17.1. The maximum absolute atomic E-state index is 11.3. The van der Waals surface area contributed by atoms with E-state index in [9.17, 15) is 9.59 Å². The number of hydrogen-bond acceptors (Lipinski definition) is 3. The first-order valence-corrected chi connectivity index (χ1v) is 4.52. The minimum absolute atomic E-state index is 0.160. The Bertz CT molecular complexity index is 282. The van der Waals surface area contributed by atoms with Crippen molar-refractivity contribution in [2.75, 3.05) is 13.1 Å². The third-order valence-electron chi connectivity index (χ3n) is 2.35. The molecule has 76 valence electrons. The minimum Gasteiger partial charge on any atom is -0.481 e. The van der Waals surface area contributed by atoms with Crippen molar-refractivity contribution in [3.05, 3.63) is 0 Å². The largest absolute Gasteiger partial charge is 0.481 e. The highest BCUT2D eigenvalue weighted by atomic mass is 16.4. The second kappa shape index (κ2) is 4.61. The van der Waals surface area contributed by atoms with Gasteiger partial charge in [-0.3, -0.25) is 9.59 Å². The fourth-order valence-electron chi connectivity index (χ4n) is 1.58. The lowest BCUT2D eigenvalue weighted by Gasteiger charge is -2.30. The topological polar surface area (TPSA) is 81.4 Å². The minimum atomic E-state index is -0.862. The van der Waals surface area contributed by atoms with Crippen molar-refractivity contribution >= 4 is 11.9 Å². The summed E-state index contributed by atoms with van der Waals surface area (Å²) in [5.41, 5.74) is 0. The molecule has 1 saturated heterocycles. The number of hydrogen-bond donors (Lipinski definition) is 1. The Kier molecular flexibility index (Phi) is 3.46. The van der Waals surface area contributed by atoms with Crippen LogP contribution in [0.5, 0.6) is 0 Å². The molecule has 0 aromatic rings. The van der Waals surface area contributed by atoms with Gasteiger partial charge in [0.2, 0.25) is 5.91 Å². The summed E-state index contributed by atoms with van der Waals surface area (Å²) in [6.45, 7) is 0.820. The van der Waals surface area contributed by atoms with Gasteiger partial charge in [0.05, 0.1) is 12.0 Å². The zero-order chi connectivity index (χ0) is 10.6. The Morgan fingerprint density at radius 2 is 2.29 bits per heavy atom. The molecule has 5 heteroatoms. The third-order valence-corrected chi connectivity index (χ3v) is 2.35. The molecule has 1 aliphatic rings. The lowest BCUT2D eigenvalue weighted by atomic mass is 9.98. The number of rotatable bonds is 2. The van der Waals surface area contributed by atoms with Gasteiger partial charge < -0.3 is 10.0 Å². The Morgan fingerprint density at radius 1 is 1.57 bits per heavy atom. The molecule has 0 aliphatic carbocycles. The lowest BCUT2D eigenvalue weighted by molar-refractivity contribution is -0.145. The summed E-state index contributed by atoms with van der Waals surface area (Å²) in [6, 6.07) is 1.77. The van der Waals surface area contributed by atoms with E-state index in [0.717, 1.165) is 0 Å². The van der Waals surface area contributed by atoms with E-state index in [1.54, 1.807) is 6.07 Å². The van der Waals surface area contributed by atoms with Gasteiger partial charge in [-0.25, -0.2) is 0 Å². The van der Waals surface area contributed by atoms with Crippen molar-refractivity contribution in [1.29, 1.82) is 5.26 Å². The van der Waals surface area contributed by atoms with Crippen LogP contribution in [-0.2, 0) is 9.59 Å². The number of likely N-dealkylation sites (tertiary alicyclic amines) is 1. The number of nitriles is 1. The van der Waals surface area contributed by atoms with E-state index in [2.05, 4.69) is 0 Å². The second-order valence-electron chi connectivity index (χ2n) is 3.35. The Labute approximate surface area is 81.9 Å². The van der Waals surface area contributed by atoms with Crippen LogP contribution >= 0.6 is 0 Å². The molecule has 1 rings (SSSR count). The van der Waals surface area contributed by atoms with Crippen LogP contribution in [0.15, 0.2) is 0 Å². The van der Waals surface area contributed by atoms with Crippen LogP contribution in [-0.4, -0.2) is 35.0 Å². The highest BCUT2D eigenvalue weighted by Crippen LogP contribution is 2.16. The maximum atomic E-state index is 11.3. The number of amides is 1. The number of carboxylic acids is 1. The first-order valence-electron chi connectivity index (χ1n) is 4.52. The van der Waals surface area contributed by atoms with E-state index in [4.69, 9.17) is 10.4 Å². The summed E-state index contributed by atoms with van der Waals surface area (Å²) < 4.78 is 0. The lowest BCUT2D eigenvalue weighted by Crippen LogP contribution is -2.42. The summed E-state index contributed by atoms with van der Waals surface area (Å²) in [6.07, 6.45) is 1.16. The molecule has 1 heterocycles. The second-order valence-corrected chi connectivity index (χ2v) is 3.35. The fraction of sp³-hybridized carbons (Fsp3) is 0.667. The van der Waals surface area contributed by atoms with Crippen LogP contribution in [0.2, 0.25) is 0 Å². The molecule has 0 radical (unpaired) electrons. The van der Waals surface area contributed by atoms with E-state index < -0.39 is 11.9 Å². The molecule has 0 spiro atoms. The molecule has 1 aliphatic heterocycles. The van der Waals surface area contributed by atoms with Crippen molar-refractivity contribution in [3.8, 4) is 6.07 Å². The summed E-state index contributed by atoms with van der Waals surface area (Å²) in [5.74, 6) is -1.59. The molecule has 1 N–H and O–H groups in total. The van der Waals surface area contributed by atoms with Gasteiger partial charge in [-0.15, -0.1) is 0 Å². The molecule has 14 heavy (non-hydrogen) atoms. The van der Waals surface area contributed by atoms with Gasteiger partial charge in [-0.1, -0.05) is 0 Å². The van der Waals surface area contributed by atoms with Crippen LogP contribution in [0.3, 0.4) is 0 Å². The van der Waals surface area contributed by atoms with Gasteiger partial charge in [0.25, 0.3) is 0 Å². The number of aliphatic carboxylic acids is 1. The van der Waals surface area contributed by atoms with E-state index in [1.807, 2.05) is 0 Å². The molecule has 5 nitrogen and oxygen atoms in total. The van der Waals surface area contributed by atoms with Gasteiger partial charge in [-0.05, 0) is 12.8 Å². The summed E-state index contributed by atoms with van der Waals surface area (Å²) in [7, 11) is 0. The first kappa shape index (κ1) is 10.5. The molecule has 0 saturated carbocycles. The highest BCUT2D eigenvalue weighted by Gasteiger charge is 2.27.